The lowest BCUT2D eigenvalue weighted by Gasteiger charge is -2.56. The monoisotopic (exact) mass is 432 g/mol. The summed E-state index contributed by atoms with van der Waals surface area (Å²) in [5.41, 5.74) is 1.94. The van der Waals surface area contributed by atoms with Crippen LogP contribution in [-0.2, 0) is 5.54 Å². The Kier molecular flexibility index (Phi) is 4.67. The predicted octanol–water partition coefficient (Wildman–Crippen LogP) is 5.65. The molecule has 1 aliphatic heterocycles. The summed E-state index contributed by atoms with van der Waals surface area (Å²) < 4.78 is 2.13. The van der Waals surface area contributed by atoms with Crippen LogP contribution in [-0.4, -0.2) is 21.2 Å². The van der Waals surface area contributed by atoms with Crippen LogP contribution < -0.4 is 10.6 Å². The van der Waals surface area contributed by atoms with E-state index >= 15 is 0 Å². The van der Waals surface area contributed by atoms with Crippen LogP contribution in [0.25, 0.3) is 0 Å². The maximum absolute atomic E-state index is 13.7. The molecular weight excluding hydrogens is 396 g/mol. The number of nitrogens with one attached hydrogen (secondary N) is 2. The zero-order valence-electron chi connectivity index (χ0n) is 19.4. The molecule has 4 aliphatic carbocycles. The van der Waals surface area contributed by atoms with Crippen LogP contribution in [0.3, 0.4) is 0 Å². The normalized spacial score (nSPS) is 34.1. The number of amides is 1. The van der Waals surface area contributed by atoms with Gasteiger partial charge in [-0.15, -0.1) is 0 Å². The van der Waals surface area contributed by atoms with Crippen LogP contribution in [0, 0.1) is 17.8 Å². The van der Waals surface area contributed by atoms with Crippen molar-refractivity contribution in [1.82, 2.24) is 15.1 Å². The molecule has 2 aromatic rings. The third kappa shape index (κ3) is 3.11. The maximum Gasteiger partial charge on any atom is 0.257 e. The molecule has 5 nitrogen and oxygen atoms in total. The van der Waals surface area contributed by atoms with E-state index in [2.05, 4.69) is 59.5 Å². The second-order valence-corrected chi connectivity index (χ2v) is 11.2. The number of nitrogens with zero attached hydrogens (tertiary/aromatic N) is 2. The first-order valence-corrected chi connectivity index (χ1v) is 12.8. The number of benzene rings is 1. The van der Waals surface area contributed by atoms with Crippen molar-refractivity contribution in [3.8, 4) is 0 Å². The van der Waals surface area contributed by atoms with E-state index in [1.165, 1.54) is 44.1 Å². The fourth-order valence-electron chi connectivity index (χ4n) is 7.99. The average Bonchev–Trinajstić information content (AvgIpc) is 3.22. The van der Waals surface area contributed by atoms with Gasteiger partial charge in [-0.3, -0.25) is 4.79 Å². The summed E-state index contributed by atoms with van der Waals surface area (Å²) >= 11 is 0. The van der Waals surface area contributed by atoms with Crippen molar-refractivity contribution >= 4 is 11.7 Å². The molecule has 7 rings (SSSR count). The first-order valence-electron chi connectivity index (χ1n) is 12.8. The van der Waals surface area contributed by atoms with Gasteiger partial charge in [0.15, 0.2) is 0 Å². The van der Waals surface area contributed by atoms with Crippen molar-refractivity contribution in [1.29, 1.82) is 0 Å². The number of fused-ring (bicyclic) bond motifs is 1. The Labute approximate surface area is 191 Å². The molecule has 1 atom stereocenters. The topological polar surface area (TPSA) is 59.0 Å². The molecule has 0 spiro atoms. The summed E-state index contributed by atoms with van der Waals surface area (Å²) in [6, 6.07) is 10.8. The van der Waals surface area contributed by atoms with Gasteiger partial charge in [0, 0.05) is 5.54 Å². The van der Waals surface area contributed by atoms with Crippen LogP contribution >= 0.6 is 0 Å². The molecule has 1 aromatic carbocycles. The molecular formula is C27H36N4O. The molecule has 4 fully saturated rings. The second kappa shape index (κ2) is 7.36. The van der Waals surface area contributed by atoms with Crippen LogP contribution in [0.15, 0.2) is 36.5 Å². The molecule has 0 saturated heterocycles. The highest BCUT2D eigenvalue weighted by Gasteiger charge is 2.52. The van der Waals surface area contributed by atoms with Gasteiger partial charge in [-0.25, -0.2) is 4.68 Å². The number of carbonyl (C=O) groups is 1. The van der Waals surface area contributed by atoms with Gasteiger partial charge in [0.05, 0.1) is 17.8 Å². The smallest absolute Gasteiger partial charge is 0.257 e. The number of carbonyl (C=O) groups excluding carboxylic acids is 1. The summed E-state index contributed by atoms with van der Waals surface area (Å²) in [6.45, 7) is 4.50. The molecule has 1 unspecified atom stereocenters. The molecule has 170 valence electrons. The molecule has 4 saturated carbocycles. The Balaban J connectivity index is 1.32. The Morgan fingerprint density at radius 2 is 1.66 bits per heavy atom. The van der Waals surface area contributed by atoms with Gasteiger partial charge < -0.3 is 10.6 Å². The lowest BCUT2D eigenvalue weighted by Crippen LogP contribution is -2.59. The van der Waals surface area contributed by atoms with Crippen molar-refractivity contribution < 1.29 is 4.79 Å². The third-order valence-corrected chi connectivity index (χ3v) is 9.29. The van der Waals surface area contributed by atoms with E-state index in [1.807, 2.05) is 6.20 Å². The molecule has 32 heavy (non-hydrogen) atoms. The number of anilines is 1. The van der Waals surface area contributed by atoms with E-state index in [1.54, 1.807) is 0 Å². The van der Waals surface area contributed by atoms with Gasteiger partial charge in [0.1, 0.15) is 11.4 Å². The van der Waals surface area contributed by atoms with Crippen molar-refractivity contribution in [2.24, 2.45) is 17.8 Å². The zero-order chi connectivity index (χ0) is 21.9. The third-order valence-electron chi connectivity index (χ3n) is 9.29. The fraction of sp³-hybridized carbons (Fsp3) is 0.630. The van der Waals surface area contributed by atoms with E-state index in [0.717, 1.165) is 42.8 Å². The van der Waals surface area contributed by atoms with E-state index < -0.39 is 0 Å². The lowest BCUT2D eigenvalue weighted by atomic mass is 9.53. The summed E-state index contributed by atoms with van der Waals surface area (Å²) in [6.07, 6.45) is 12.4. The molecule has 2 heterocycles. The quantitative estimate of drug-likeness (QED) is 0.641. The number of hydrogen-bond donors (Lipinski definition) is 2. The lowest BCUT2D eigenvalue weighted by molar-refractivity contribution is -0.0166. The highest BCUT2D eigenvalue weighted by Crippen LogP contribution is 2.55. The Hall–Kier alpha value is -2.30. The predicted molar refractivity (Wildman–Crippen MR) is 127 cm³/mol. The molecule has 2 N–H and O–H groups in total. The fourth-order valence-corrected chi connectivity index (χ4v) is 7.99. The molecule has 4 bridgehead atoms. The molecule has 5 heteroatoms. The highest BCUT2D eigenvalue weighted by atomic mass is 16.2. The Morgan fingerprint density at radius 3 is 2.25 bits per heavy atom. The van der Waals surface area contributed by atoms with E-state index in [-0.39, 0.29) is 23.0 Å². The zero-order valence-corrected chi connectivity index (χ0v) is 19.4. The Bertz CT molecular complexity index is 971. The first kappa shape index (κ1) is 20.3. The molecule has 5 aliphatic rings. The van der Waals surface area contributed by atoms with E-state index in [4.69, 9.17) is 5.10 Å². The van der Waals surface area contributed by atoms with Crippen molar-refractivity contribution in [3.63, 3.8) is 0 Å². The summed E-state index contributed by atoms with van der Waals surface area (Å²) in [7, 11) is 0. The van der Waals surface area contributed by atoms with Gasteiger partial charge in [-0.05, 0) is 81.1 Å². The van der Waals surface area contributed by atoms with Crippen LogP contribution in [0.1, 0.15) is 93.6 Å². The summed E-state index contributed by atoms with van der Waals surface area (Å²) in [5, 5.41) is 12.1. The van der Waals surface area contributed by atoms with Crippen LogP contribution in [0.2, 0.25) is 0 Å². The van der Waals surface area contributed by atoms with Gasteiger partial charge in [0.25, 0.3) is 5.91 Å². The van der Waals surface area contributed by atoms with Crippen LogP contribution in [0.4, 0.5) is 5.82 Å². The van der Waals surface area contributed by atoms with Gasteiger partial charge in [-0.1, -0.05) is 44.2 Å². The SMILES string of the molecule is CCC1(CC)CC(c2ccccc2)Nc2c(C(=O)NC34CC5CC(CC(C5)C3)C4)cnn21. The largest absolute Gasteiger partial charge is 0.363 e. The van der Waals surface area contributed by atoms with E-state index in [0.29, 0.717) is 5.56 Å². The molecule has 0 radical (unpaired) electrons. The van der Waals surface area contributed by atoms with Crippen molar-refractivity contribution in [3.05, 3.63) is 47.7 Å². The first-order chi connectivity index (χ1) is 15.5. The van der Waals surface area contributed by atoms with Gasteiger partial charge >= 0.3 is 0 Å². The average molecular weight is 433 g/mol. The van der Waals surface area contributed by atoms with Gasteiger partial charge in [-0.2, -0.15) is 5.10 Å². The summed E-state index contributed by atoms with van der Waals surface area (Å²) in [5.74, 6) is 3.41. The van der Waals surface area contributed by atoms with E-state index in [9.17, 15) is 4.79 Å². The van der Waals surface area contributed by atoms with Crippen molar-refractivity contribution in [2.45, 2.75) is 88.8 Å². The minimum atomic E-state index is -0.0691. The molecule has 1 amide bonds. The minimum Gasteiger partial charge on any atom is -0.363 e. The molecule has 1 aromatic heterocycles. The highest BCUT2D eigenvalue weighted by molar-refractivity contribution is 5.99. The standard InChI is InChI=1S/C27H36N4O/c1-3-27(4-2)16-23(21-8-6-5-7-9-21)29-24-22(17-28-31(24)27)25(32)30-26-13-18-10-19(14-26)12-20(11-18)15-26/h5-9,17-20,23,29H,3-4,10-16H2,1-2H3,(H,30,32). The number of aromatic nitrogens is 2. The summed E-state index contributed by atoms with van der Waals surface area (Å²) in [4.78, 5) is 13.7. The maximum atomic E-state index is 13.7. The number of rotatable bonds is 5. The van der Waals surface area contributed by atoms with Gasteiger partial charge in [0.2, 0.25) is 0 Å². The second-order valence-electron chi connectivity index (χ2n) is 11.2. The van der Waals surface area contributed by atoms with Crippen LogP contribution in [0.5, 0.6) is 0 Å². The number of hydrogen-bond acceptors (Lipinski definition) is 3. The Morgan fingerprint density at radius 1 is 1.03 bits per heavy atom. The minimum absolute atomic E-state index is 0.0146. The van der Waals surface area contributed by atoms with Crippen molar-refractivity contribution in [2.75, 3.05) is 5.32 Å².